The zero-order valence-electron chi connectivity index (χ0n) is 30.8. The summed E-state index contributed by atoms with van der Waals surface area (Å²) >= 11 is 0. The highest BCUT2D eigenvalue weighted by Gasteiger charge is 2.42. The van der Waals surface area contributed by atoms with E-state index >= 15 is 26.3 Å². The van der Waals surface area contributed by atoms with Gasteiger partial charge in [0.2, 0.25) is 0 Å². The van der Waals surface area contributed by atoms with Crippen LogP contribution in [-0.2, 0) is 12.4 Å². The Labute approximate surface area is 336 Å². The predicted octanol–water partition coefficient (Wildman–Crippen LogP) is 12.4. The Morgan fingerprint density at radius 2 is 0.933 bits per heavy atom. The molecular formula is C47H25F6N7. The number of alkyl halides is 6. The Morgan fingerprint density at radius 1 is 0.467 bits per heavy atom. The zero-order valence-corrected chi connectivity index (χ0v) is 30.8. The molecule has 7 nitrogen and oxygen atoms in total. The molecular weight excluding hydrogens is 777 g/mol. The maximum absolute atomic E-state index is 15.1. The van der Waals surface area contributed by atoms with Crippen LogP contribution in [-0.4, -0.2) is 29.1 Å². The van der Waals surface area contributed by atoms with Gasteiger partial charge in [0.15, 0.2) is 11.6 Å². The average Bonchev–Trinajstić information content (AvgIpc) is 3.77. The minimum atomic E-state index is -5.21. The first-order valence-electron chi connectivity index (χ1n) is 18.5. The first-order chi connectivity index (χ1) is 29.0. The molecule has 0 unspecified atom stereocenters. The van der Waals surface area contributed by atoms with Gasteiger partial charge in [-0.05, 0) is 54.6 Å². The Hall–Kier alpha value is -7.85. The standard InChI is InChI=1S/C47H25F6N7/c48-46(49,50)35-10-5-11-36(47(51,52)53)42(35)33-18-19-39(59-37-12-3-1-8-29(37)31-16-14-27(24-40(31)59)44-55-20-6-21-56-44)34(26-54)43(33)60-38-13-4-2-9-30(38)32-17-15-28(25-41(32)60)45-57-22-7-23-58-45/h1-25H. The average molecular weight is 802 g/mol. The maximum Gasteiger partial charge on any atom is 0.417 e. The number of fused-ring (bicyclic) bond motifs is 6. The molecule has 0 N–H and O–H groups in total. The van der Waals surface area contributed by atoms with Gasteiger partial charge in [0.25, 0.3) is 0 Å². The highest BCUT2D eigenvalue weighted by molar-refractivity contribution is 6.12. The van der Waals surface area contributed by atoms with Crippen LogP contribution in [0, 0.1) is 11.3 Å². The smallest absolute Gasteiger partial charge is 0.308 e. The number of nitriles is 1. The number of halogens is 6. The van der Waals surface area contributed by atoms with Crippen molar-refractivity contribution in [3.05, 3.63) is 169 Å². The van der Waals surface area contributed by atoms with Crippen LogP contribution in [0.15, 0.2) is 152 Å². The Bertz CT molecular complexity index is 3330. The summed E-state index contributed by atoms with van der Waals surface area (Å²) in [6.07, 6.45) is -4.08. The van der Waals surface area contributed by atoms with Crippen LogP contribution in [0.25, 0.3) is 88.9 Å². The van der Waals surface area contributed by atoms with Crippen LogP contribution in [0.1, 0.15) is 16.7 Å². The quantitative estimate of drug-likeness (QED) is 0.162. The second-order valence-electron chi connectivity index (χ2n) is 14.0. The van der Waals surface area contributed by atoms with Gasteiger partial charge in [-0.1, -0.05) is 72.8 Å². The van der Waals surface area contributed by atoms with E-state index in [0.717, 1.165) is 16.8 Å². The summed E-state index contributed by atoms with van der Waals surface area (Å²) in [7, 11) is 0. The van der Waals surface area contributed by atoms with E-state index < -0.39 is 34.6 Å². The topological polar surface area (TPSA) is 85.2 Å². The molecule has 0 saturated heterocycles. The van der Waals surface area contributed by atoms with E-state index in [1.165, 1.54) is 12.1 Å². The molecule has 10 aromatic rings. The first kappa shape index (κ1) is 36.5. The molecule has 10 rings (SSSR count). The number of hydrogen-bond acceptors (Lipinski definition) is 5. The lowest BCUT2D eigenvalue weighted by molar-refractivity contribution is -0.142. The Balaban J connectivity index is 1.40. The van der Waals surface area contributed by atoms with E-state index in [9.17, 15) is 5.26 Å². The van der Waals surface area contributed by atoms with Crippen molar-refractivity contribution in [3.8, 4) is 51.3 Å². The molecule has 0 bridgehead atoms. The van der Waals surface area contributed by atoms with E-state index in [4.69, 9.17) is 0 Å². The van der Waals surface area contributed by atoms with Crippen molar-refractivity contribution in [2.45, 2.75) is 12.4 Å². The molecule has 0 amide bonds. The molecule has 13 heteroatoms. The van der Waals surface area contributed by atoms with Crippen LogP contribution in [0.3, 0.4) is 0 Å². The highest BCUT2D eigenvalue weighted by atomic mass is 19.4. The molecule has 0 aliphatic rings. The summed E-state index contributed by atoms with van der Waals surface area (Å²) in [6.45, 7) is 0. The molecule has 0 aliphatic carbocycles. The fraction of sp³-hybridized carbons (Fsp3) is 0.0426. The summed E-state index contributed by atoms with van der Waals surface area (Å²) in [4.78, 5) is 17.6. The maximum atomic E-state index is 15.1. The van der Waals surface area contributed by atoms with Crippen LogP contribution >= 0.6 is 0 Å². The number of aromatic nitrogens is 6. The van der Waals surface area contributed by atoms with Gasteiger partial charge in [0.1, 0.15) is 11.6 Å². The molecule has 0 saturated carbocycles. The van der Waals surface area contributed by atoms with E-state index in [1.54, 1.807) is 82.5 Å². The lowest BCUT2D eigenvalue weighted by Crippen LogP contribution is -2.16. The van der Waals surface area contributed by atoms with Crippen LogP contribution in [0.2, 0.25) is 0 Å². The van der Waals surface area contributed by atoms with E-state index in [-0.39, 0.29) is 16.9 Å². The number of nitrogens with zero attached hydrogens (tertiary/aromatic N) is 7. The number of benzene rings is 6. The number of hydrogen-bond donors (Lipinski definition) is 0. The molecule has 4 heterocycles. The third kappa shape index (κ3) is 5.75. The molecule has 6 aromatic carbocycles. The minimum Gasteiger partial charge on any atom is -0.308 e. The summed E-state index contributed by atoms with van der Waals surface area (Å²) in [6, 6.07) is 35.7. The SMILES string of the molecule is N#Cc1c(-n2c3ccccc3c3ccc(-c4ncccn4)cc32)ccc(-c2c(C(F)(F)F)cccc2C(F)(F)F)c1-n1c2ccccc2c2ccc(-c3ncccn3)cc21. The predicted molar refractivity (Wildman–Crippen MR) is 217 cm³/mol. The van der Waals surface area contributed by atoms with Crippen molar-refractivity contribution in [1.82, 2.24) is 29.1 Å². The van der Waals surface area contributed by atoms with Crippen molar-refractivity contribution < 1.29 is 26.3 Å². The molecule has 0 atom stereocenters. The fourth-order valence-corrected chi connectivity index (χ4v) is 8.24. The normalized spacial score (nSPS) is 12.2. The number of rotatable bonds is 5. The molecule has 0 fully saturated rings. The van der Waals surface area contributed by atoms with E-state index in [2.05, 4.69) is 26.0 Å². The van der Waals surface area contributed by atoms with Crippen molar-refractivity contribution in [1.29, 1.82) is 5.26 Å². The zero-order chi connectivity index (χ0) is 41.3. The van der Waals surface area contributed by atoms with Gasteiger partial charge < -0.3 is 9.13 Å². The minimum absolute atomic E-state index is 0.175. The Kier molecular flexibility index (Phi) is 8.29. The molecule has 4 aromatic heterocycles. The van der Waals surface area contributed by atoms with E-state index in [0.29, 0.717) is 67.7 Å². The van der Waals surface area contributed by atoms with Crippen molar-refractivity contribution >= 4 is 43.6 Å². The first-order valence-corrected chi connectivity index (χ1v) is 18.5. The van der Waals surface area contributed by atoms with Crippen LogP contribution < -0.4 is 0 Å². The highest BCUT2D eigenvalue weighted by Crippen LogP contribution is 2.49. The fourth-order valence-electron chi connectivity index (χ4n) is 8.24. The molecule has 0 radical (unpaired) electrons. The third-order valence-electron chi connectivity index (χ3n) is 10.7. The van der Waals surface area contributed by atoms with Crippen molar-refractivity contribution in [2.75, 3.05) is 0 Å². The molecule has 0 spiro atoms. The summed E-state index contributed by atoms with van der Waals surface area (Å²) in [5.74, 6) is 0.774. The van der Waals surface area contributed by atoms with Gasteiger partial charge in [-0.15, -0.1) is 0 Å². The lowest BCUT2D eigenvalue weighted by Gasteiger charge is -2.24. The van der Waals surface area contributed by atoms with Crippen LogP contribution in [0.5, 0.6) is 0 Å². The van der Waals surface area contributed by atoms with Gasteiger partial charge in [-0.25, -0.2) is 19.9 Å². The van der Waals surface area contributed by atoms with Crippen LogP contribution in [0.4, 0.5) is 26.3 Å². The van der Waals surface area contributed by atoms with Gasteiger partial charge in [0.05, 0.1) is 44.6 Å². The Morgan fingerprint density at radius 3 is 1.43 bits per heavy atom. The molecule has 0 aliphatic heterocycles. The summed E-state index contributed by atoms with van der Waals surface area (Å²) in [5, 5.41) is 14.3. The van der Waals surface area contributed by atoms with Gasteiger partial charge in [-0.3, -0.25) is 0 Å². The van der Waals surface area contributed by atoms with Gasteiger partial charge >= 0.3 is 12.4 Å². The third-order valence-corrected chi connectivity index (χ3v) is 10.7. The van der Waals surface area contributed by atoms with Crippen molar-refractivity contribution in [2.24, 2.45) is 0 Å². The second kappa shape index (κ2) is 13.6. The van der Waals surface area contributed by atoms with Gasteiger partial charge in [-0.2, -0.15) is 31.6 Å². The monoisotopic (exact) mass is 801 g/mol. The second-order valence-corrected chi connectivity index (χ2v) is 14.0. The summed E-state index contributed by atoms with van der Waals surface area (Å²) in [5.41, 5.74) is -1.40. The van der Waals surface area contributed by atoms with Gasteiger partial charge in [0, 0.05) is 68.6 Å². The van der Waals surface area contributed by atoms with E-state index in [1.807, 2.05) is 48.5 Å². The lowest BCUT2D eigenvalue weighted by atomic mass is 9.90. The molecule has 60 heavy (non-hydrogen) atoms. The van der Waals surface area contributed by atoms with Crippen molar-refractivity contribution in [3.63, 3.8) is 0 Å². The summed E-state index contributed by atoms with van der Waals surface area (Å²) < 4.78 is 93.8. The molecule has 290 valence electrons. The largest absolute Gasteiger partial charge is 0.417 e. The number of para-hydroxylation sites is 2.